The number of nitrogens with zero attached hydrogens (tertiary/aromatic N) is 3. The topological polar surface area (TPSA) is 47.9 Å². The average molecular weight is 231 g/mol. The summed E-state index contributed by atoms with van der Waals surface area (Å²) in [5.41, 5.74) is 1.83. The van der Waals surface area contributed by atoms with Crippen LogP contribution in [-0.2, 0) is 0 Å². The van der Waals surface area contributed by atoms with Crippen molar-refractivity contribution in [2.45, 2.75) is 20.8 Å². The highest BCUT2D eigenvalue weighted by molar-refractivity contribution is 5.53. The van der Waals surface area contributed by atoms with E-state index >= 15 is 0 Å². The van der Waals surface area contributed by atoms with Gasteiger partial charge in [0.05, 0.1) is 7.11 Å². The van der Waals surface area contributed by atoms with Crippen LogP contribution < -0.4 is 4.74 Å². The number of hydrogen-bond acceptors (Lipinski definition) is 4. The Kier molecular flexibility index (Phi) is 5.07. The molecule has 17 heavy (non-hydrogen) atoms. The van der Waals surface area contributed by atoms with Crippen LogP contribution in [0, 0.1) is 6.92 Å². The molecule has 2 aromatic heterocycles. The second-order valence-electron chi connectivity index (χ2n) is 3.11. The van der Waals surface area contributed by atoms with Crippen molar-refractivity contribution in [2.75, 3.05) is 7.11 Å². The first-order valence-electron chi connectivity index (χ1n) is 5.59. The molecule has 0 spiro atoms. The summed E-state index contributed by atoms with van der Waals surface area (Å²) in [6.45, 7) is 5.93. The Morgan fingerprint density at radius 3 is 2.35 bits per heavy atom. The molecule has 90 valence electrons. The maximum atomic E-state index is 4.98. The van der Waals surface area contributed by atoms with E-state index in [1.54, 1.807) is 25.6 Å². The molecule has 0 aliphatic heterocycles. The number of aryl methyl sites for hydroxylation is 1. The van der Waals surface area contributed by atoms with Crippen molar-refractivity contribution in [1.29, 1.82) is 0 Å². The molecule has 0 aliphatic carbocycles. The molecule has 0 N–H and O–H groups in total. The first kappa shape index (κ1) is 13.1. The zero-order valence-corrected chi connectivity index (χ0v) is 10.6. The Labute approximate surface area is 102 Å². The summed E-state index contributed by atoms with van der Waals surface area (Å²) < 4.78 is 4.98. The molecule has 0 atom stereocenters. The van der Waals surface area contributed by atoms with Gasteiger partial charge in [0, 0.05) is 29.7 Å². The predicted octanol–water partition coefficient (Wildman–Crippen LogP) is 2.88. The third-order valence-electron chi connectivity index (χ3n) is 2.00. The van der Waals surface area contributed by atoms with Crippen LogP contribution in [0.5, 0.6) is 5.88 Å². The first-order valence-corrected chi connectivity index (χ1v) is 5.59. The van der Waals surface area contributed by atoms with Crippen molar-refractivity contribution in [3.05, 3.63) is 36.3 Å². The van der Waals surface area contributed by atoms with Gasteiger partial charge in [0.15, 0.2) is 5.82 Å². The zero-order chi connectivity index (χ0) is 12.7. The van der Waals surface area contributed by atoms with Crippen LogP contribution in [0.15, 0.2) is 30.6 Å². The lowest BCUT2D eigenvalue weighted by Crippen LogP contribution is -1.92. The van der Waals surface area contributed by atoms with Gasteiger partial charge in [-0.15, -0.1) is 0 Å². The van der Waals surface area contributed by atoms with Gasteiger partial charge in [0.1, 0.15) is 0 Å². The van der Waals surface area contributed by atoms with E-state index in [2.05, 4.69) is 15.0 Å². The van der Waals surface area contributed by atoms with Gasteiger partial charge in [-0.3, -0.25) is 0 Å². The molecule has 2 rings (SSSR count). The minimum absolute atomic E-state index is 0.589. The van der Waals surface area contributed by atoms with E-state index in [9.17, 15) is 0 Å². The van der Waals surface area contributed by atoms with Crippen molar-refractivity contribution < 1.29 is 4.74 Å². The molecule has 4 heteroatoms. The molecule has 0 unspecified atom stereocenters. The molecular weight excluding hydrogens is 214 g/mol. The third-order valence-corrected chi connectivity index (χ3v) is 2.00. The van der Waals surface area contributed by atoms with Gasteiger partial charge in [0.25, 0.3) is 0 Å². The highest BCUT2D eigenvalue weighted by Gasteiger charge is 2.01. The number of ether oxygens (including phenoxy) is 1. The summed E-state index contributed by atoms with van der Waals surface area (Å²) in [5, 5.41) is 0. The van der Waals surface area contributed by atoms with Gasteiger partial charge in [-0.1, -0.05) is 13.8 Å². The Morgan fingerprint density at radius 2 is 1.82 bits per heavy atom. The summed E-state index contributed by atoms with van der Waals surface area (Å²) >= 11 is 0. The molecule has 4 nitrogen and oxygen atoms in total. The normalized spacial score (nSPS) is 9.18. The van der Waals surface area contributed by atoms with E-state index < -0.39 is 0 Å². The van der Waals surface area contributed by atoms with E-state index in [-0.39, 0.29) is 0 Å². The Bertz CT molecular complexity index is 454. The fourth-order valence-electron chi connectivity index (χ4n) is 1.22. The summed E-state index contributed by atoms with van der Waals surface area (Å²) in [5.74, 6) is 1.27. The lowest BCUT2D eigenvalue weighted by atomic mass is 10.2. The highest BCUT2D eigenvalue weighted by Crippen LogP contribution is 2.15. The van der Waals surface area contributed by atoms with Gasteiger partial charge >= 0.3 is 0 Å². The van der Waals surface area contributed by atoms with Crippen molar-refractivity contribution in [3.63, 3.8) is 0 Å². The summed E-state index contributed by atoms with van der Waals surface area (Å²) in [4.78, 5) is 12.6. The van der Waals surface area contributed by atoms with Crippen LogP contribution in [-0.4, -0.2) is 22.1 Å². The molecule has 2 heterocycles. The molecule has 0 aliphatic rings. The Hall–Kier alpha value is -1.97. The van der Waals surface area contributed by atoms with Crippen LogP contribution in [0.4, 0.5) is 0 Å². The highest BCUT2D eigenvalue weighted by atomic mass is 16.5. The van der Waals surface area contributed by atoms with Crippen molar-refractivity contribution in [3.8, 4) is 17.3 Å². The molecule has 0 bridgehead atoms. The smallest absolute Gasteiger partial charge is 0.212 e. The first-order chi connectivity index (χ1) is 8.29. The Morgan fingerprint density at radius 1 is 1.06 bits per heavy atom. The van der Waals surface area contributed by atoms with Gasteiger partial charge in [-0.05, 0) is 19.1 Å². The molecule has 2 aromatic rings. The van der Waals surface area contributed by atoms with Gasteiger partial charge in [0.2, 0.25) is 5.88 Å². The fourth-order valence-corrected chi connectivity index (χ4v) is 1.22. The quantitative estimate of drug-likeness (QED) is 0.797. The predicted molar refractivity (Wildman–Crippen MR) is 67.9 cm³/mol. The van der Waals surface area contributed by atoms with Gasteiger partial charge in [-0.25, -0.2) is 15.0 Å². The number of hydrogen-bond donors (Lipinski definition) is 0. The van der Waals surface area contributed by atoms with Crippen LogP contribution in [0.3, 0.4) is 0 Å². The Balaban J connectivity index is 0.000000686. The maximum absolute atomic E-state index is 4.98. The maximum Gasteiger partial charge on any atom is 0.212 e. The van der Waals surface area contributed by atoms with E-state index in [4.69, 9.17) is 4.74 Å². The molecule has 0 aromatic carbocycles. The average Bonchev–Trinajstić information content (AvgIpc) is 2.41. The van der Waals surface area contributed by atoms with Crippen LogP contribution in [0.2, 0.25) is 0 Å². The van der Waals surface area contributed by atoms with Gasteiger partial charge in [-0.2, -0.15) is 0 Å². The minimum atomic E-state index is 0.589. The number of methoxy groups -OCH3 is 1. The molecular formula is C13H17N3O. The van der Waals surface area contributed by atoms with E-state index in [1.165, 1.54) is 0 Å². The van der Waals surface area contributed by atoms with Crippen molar-refractivity contribution in [1.82, 2.24) is 15.0 Å². The van der Waals surface area contributed by atoms with Crippen LogP contribution in [0.25, 0.3) is 11.4 Å². The lowest BCUT2D eigenvalue weighted by Gasteiger charge is -2.01. The second-order valence-corrected chi connectivity index (χ2v) is 3.11. The largest absolute Gasteiger partial charge is 0.481 e. The lowest BCUT2D eigenvalue weighted by molar-refractivity contribution is 0.398. The number of rotatable bonds is 2. The molecule has 0 amide bonds. The number of pyridine rings is 1. The second kappa shape index (κ2) is 6.58. The van der Waals surface area contributed by atoms with E-state index in [0.29, 0.717) is 11.7 Å². The summed E-state index contributed by atoms with van der Waals surface area (Å²) in [7, 11) is 1.59. The minimum Gasteiger partial charge on any atom is -0.481 e. The SMILES string of the molecule is CC.COc1ccc(-c2nccc(C)n2)cn1. The molecule has 0 fully saturated rings. The molecule has 0 saturated carbocycles. The number of aromatic nitrogens is 3. The van der Waals surface area contributed by atoms with Gasteiger partial charge < -0.3 is 4.74 Å². The van der Waals surface area contributed by atoms with E-state index in [1.807, 2.05) is 32.9 Å². The monoisotopic (exact) mass is 231 g/mol. The van der Waals surface area contributed by atoms with E-state index in [0.717, 1.165) is 11.3 Å². The molecule has 0 radical (unpaired) electrons. The third kappa shape index (κ3) is 3.52. The van der Waals surface area contributed by atoms with Crippen molar-refractivity contribution >= 4 is 0 Å². The molecule has 0 saturated heterocycles. The summed E-state index contributed by atoms with van der Waals surface area (Å²) in [6, 6.07) is 5.54. The van der Waals surface area contributed by atoms with Crippen molar-refractivity contribution in [2.24, 2.45) is 0 Å². The van der Waals surface area contributed by atoms with Crippen LogP contribution >= 0.6 is 0 Å². The summed E-state index contributed by atoms with van der Waals surface area (Å²) in [6.07, 6.45) is 3.44. The zero-order valence-electron chi connectivity index (χ0n) is 10.6. The van der Waals surface area contributed by atoms with Crippen LogP contribution in [0.1, 0.15) is 19.5 Å². The fraction of sp³-hybridized carbons (Fsp3) is 0.308. The standard InChI is InChI=1S/C11H11N3O.C2H6/c1-8-5-6-12-11(14-8)9-3-4-10(15-2)13-7-9;1-2/h3-7H,1-2H3;1-2H3.